The van der Waals surface area contributed by atoms with E-state index >= 15 is 0 Å². The lowest BCUT2D eigenvalue weighted by Crippen LogP contribution is -2.59. The summed E-state index contributed by atoms with van der Waals surface area (Å²) in [5.41, 5.74) is 3.97. The number of likely N-dealkylation sites (N-methyl/N-ethyl adjacent to an activating group) is 1. The molecule has 1 rings (SSSR count). The summed E-state index contributed by atoms with van der Waals surface area (Å²) in [4.78, 5) is 6.20. The summed E-state index contributed by atoms with van der Waals surface area (Å²) < 4.78 is 0. The standard InChI is InChI=1S/C13H23ClN4/c1-5-13(2,18(3)4)12(17-15)8-10-6-7-16-9-11(10)14/h6-7,9,12,17H,5,8,15H2,1-4H3. The molecule has 1 aromatic rings. The number of hydrogen-bond acceptors (Lipinski definition) is 4. The molecule has 0 radical (unpaired) electrons. The molecule has 5 heteroatoms. The topological polar surface area (TPSA) is 54.2 Å². The average molecular weight is 271 g/mol. The summed E-state index contributed by atoms with van der Waals surface area (Å²) in [6, 6.07) is 2.07. The van der Waals surface area contributed by atoms with Gasteiger partial charge in [0.15, 0.2) is 0 Å². The highest BCUT2D eigenvalue weighted by atomic mass is 35.5. The van der Waals surface area contributed by atoms with Crippen LogP contribution in [-0.2, 0) is 6.42 Å². The lowest BCUT2D eigenvalue weighted by atomic mass is 9.84. The Labute approximate surface area is 114 Å². The van der Waals surface area contributed by atoms with Crippen molar-refractivity contribution in [2.24, 2.45) is 5.84 Å². The molecule has 4 nitrogen and oxygen atoms in total. The average Bonchev–Trinajstić information content (AvgIpc) is 2.36. The fraction of sp³-hybridized carbons (Fsp3) is 0.615. The molecule has 0 aliphatic carbocycles. The fourth-order valence-electron chi connectivity index (χ4n) is 2.12. The largest absolute Gasteiger partial charge is 0.302 e. The number of pyridine rings is 1. The highest BCUT2D eigenvalue weighted by Gasteiger charge is 2.34. The van der Waals surface area contributed by atoms with Crippen molar-refractivity contribution < 1.29 is 0 Å². The summed E-state index contributed by atoms with van der Waals surface area (Å²) in [7, 11) is 4.14. The van der Waals surface area contributed by atoms with Crippen LogP contribution in [-0.4, -0.2) is 35.6 Å². The molecule has 1 aromatic heterocycles. The van der Waals surface area contributed by atoms with Crippen LogP contribution in [0.1, 0.15) is 25.8 Å². The van der Waals surface area contributed by atoms with Gasteiger partial charge in [-0.1, -0.05) is 18.5 Å². The van der Waals surface area contributed by atoms with Crippen LogP contribution < -0.4 is 11.3 Å². The van der Waals surface area contributed by atoms with E-state index in [1.165, 1.54) is 0 Å². The Morgan fingerprint density at radius 1 is 1.56 bits per heavy atom. The molecule has 1 heterocycles. The first-order valence-corrected chi connectivity index (χ1v) is 6.55. The summed E-state index contributed by atoms with van der Waals surface area (Å²) in [5.74, 6) is 5.73. The second-order valence-corrected chi connectivity index (χ2v) is 5.40. The molecule has 0 aliphatic rings. The minimum Gasteiger partial charge on any atom is -0.302 e. The van der Waals surface area contributed by atoms with Crippen LogP contribution in [0.15, 0.2) is 18.5 Å². The zero-order valence-corrected chi connectivity index (χ0v) is 12.3. The second-order valence-electron chi connectivity index (χ2n) is 5.00. The van der Waals surface area contributed by atoms with Gasteiger partial charge < -0.3 is 4.90 Å². The lowest BCUT2D eigenvalue weighted by Gasteiger charge is -2.42. The second kappa shape index (κ2) is 6.48. The van der Waals surface area contributed by atoms with Gasteiger partial charge in [0.1, 0.15) is 0 Å². The van der Waals surface area contributed by atoms with E-state index in [0.717, 1.165) is 18.4 Å². The van der Waals surface area contributed by atoms with Crippen LogP contribution in [0, 0.1) is 0 Å². The van der Waals surface area contributed by atoms with E-state index < -0.39 is 0 Å². The van der Waals surface area contributed by atoms with Crippen molar-refractivity contribution in [2.45, 2.75) is 38.3 Å². The smallest absolute Gasteiger partial charge is 0.0621 e. The van der Waals surface area contributed by atoms with Crippen molar-refractivity contribution in [2.75, 3.05) is 14.1 Å². The molecule has 0 saturated heterocycles. The van der Waals surface area contributed by atoms with E-state index in [2.05, 4.69) is 43.3 Å². The van der Waals surface area contributed by atoms with Crippen LogP contribution in [0.4, 0.5) is 0 Å². The Kier molecular flexibility index (Phi) is 5.53. The quantitative estimate of drug-likeness (QED) is 0.612. The number of nitrogens with one attached hydrogen (secondary N) is 1. The Bertz CT molecular complexity index is 383. The molecule has 102 valence electrons. The van der Waals surface area contributed by atoms with Gasteiger partial charge in [-0.05, 0) is 45.5 Å². The molecule has 0 aliphatic heterocycles. The van der Waals surface area contributed by atoms with E-state index in [0.29, 0.717) is 5.02 Å². The van der Waals surface area contributed by atoms with Crippen LogP contribution in [0.2, 0.25) is 5.02 Å². The molecule has 0 amide bonds. The highest BCUT2D eigenvalue weighted by molar-refractivity contribution is 6.31. The first-order chi connectivity index (χ1) is 8.45. The van der Waals surface area contributed by atoms with Gasteiger partial charge in [-0.25, -0.2) is 0 Å². The van der Waals surface area contributed by atoms with Crippen molar-refractivity contribution in [3.05, 3.63) is 29.0 Å². The van der Waals surface area contributed by atoms with E-state index in [9.17, 15) is 0 Å². The van der Waals surface area contributed by atoms with Crippen LogP contribution in [0.3, 0.4) is 0 Å². The maximum Gasteiger partial charge on any atom is 0.0621 e. The number of rotatable bonds is 6. The third kappa shape index (κ3) is 3.20. The van der Waals surface area contributed by atoms with E-state index in [1.807, 2.05) is 6.07 Å². The molecule has 0 spiro atoms. The maximum atomic E-state index is 6.15. The summed E-state index contributed by atoms with van der Waals surface area (Å²) in [6.45, 7) is 4.37. The predicted molar refractivity (Wildman–Crippen MR) is 76.4 cm³/mol. The Morgan fingerprint density at radius 2 is 2.22 bits per heavy atom. The number of aromatic nitrogens is 1. The minimum absolute atomic E-state index is 0.0264. The number of halogens is 1. The Morgan fingerprint density at radius 3 is 2.67 bits per heavy atom. The number of hydrogen-bond donors (Lipinski definition) is 2. The van der Waals surface area contributed by atoms with E-state index in [1.54, 1.807) is 12.4 Å². The van der Waals surface area contributed by atoms with Gasteiger partial charge in [0.05, 0.1) is 5.02 Å². The van der Waals surface area contributed by atoms with E-state index in [4.69, 9.17) is 17.4 Å². The van der Waals surface area contributed by atoms with Crippen LogP contribution in [0.25, 0.3) is 0 Å². The van der Waals surface area contributed by atoms with Gasteiger partial charge in [-0.3, -0.25) is 16.3 Å². The molecule has 3 N–H and O–H groups in total. The first-order valence-electron chi connectivity index (χ1n) is 6.17. The zero-order valence-electron chi connectivity index (χ0n) is 11.6. The molecular formula is C13H23ClN4. The Hall–Kier alpha value is -0.680. The lowest BCUT2D eigenvalue weighted by molar-refractivity contribution is 0.112. The van der Waals surface area contributed by atoms with Crippen LogP contribution in [0.5, 0.6) is 0 Å². The van der Waals surface area contributed by atoms with Gasteiger partial charge in [-0.15, -0.1) is 0 Å². The fourth-order valence-corrected chi connectivity index (χ4v) is 2.32. The maximum absolute atomic E-state index is 6.15. The van der Waals surface area contributed by atoms with Gasteiger partial charge >= 0.3 is 0 Å². The summed E-state index contributed by atoms with van der Waals surface area (Å²) >= 11 is 6.15. The molecule has 18 heavy (non-hydrogen) atoms. The van der Waals surface area contributed by atoms with Crippen molar-refractivity contribution >= 4 is 11.6 Å². The SMILES string of the molecule is CCC(C)(C(Cc1ccncc1Cl)NN)N(C)C. The van der Waals surface area contributed by atoms with Crippen molar-refractivity contribution in [1.29, 1.82) is 0 Å². The minimum atomic E-state index is -0.0264. The molecule has 0 fully saturated rings. The summed E-state index contributed by atoms with van der Waals surface area (Å²) in [6.07, 6.45) is 5.20. The molecule has 2 unspecified atom stereocenters. The van der Waals surface area contributed by atoms with Crippen LogP contribution >= 0.6 is 11.6 Å². The number of nitrogens with zero attached hydrogens (tertiary/aromatic N) is 2. The van der Waals surface area contributed by atoms with Crippen molar-refractivity contribution in [3.63, 3.8) is 0 Å². The zero-order chi connectivity index (χ0) is 13.8. The molecular weight excluding hydrogens is 248 g/mol. The Balaban J connectivity index is 2.94. The first kappa shape index (κ1) is 15.4. The van der Waals surface area contributed by atoms with Gasteiger partial charge in [0.25, 0.3) is 0 Å². The molecule has 0 bridgehead atoms. The number of hydrazine groups is 1. The van der Waals surface area contributed by atoms with Gasteiger partial charge in [0, 0.05) is 24.0 Å². The predicted octanol–water partition coefficient (Wildman–Crippen LogP) is 1.84. The third-order valence-corrected chi connectivity index (χ3v) is 4.31. The molecule has 2 atom stereocenters. The normalized spacial score (nSPS) is 16.6. The number of nitrogens with two attached hydrogens (primary N) is 1. The molecule has 0 saturated carbocycles. The van der Waals surface area contributed by atoms with Crippen molar-refractivity contribution in [1.82, 2.24) is 15.3 Å². The third-order valence-electron chi connectivity index (χ3n) is 3.97. The summed E-state index contributed by atoms with van der Waals surface area (Å²) in [5, 5.41) is 0.690. The highest BCUT2D eigenvalue weighted by Crippen LogP contribution is 2.25. The van der Waals surface area contributed by atoms with Gasteiger partial charge in [-0.2, -0.15) is 0 Å². The van der Waals surface area contributed by atoms with Crippen molar-refractivity contribution in [3.8, 4) is 0 Å². The van der Waals surface area contributed by atoms with Gasteiger partial charge in [0.2, 0.25) is 0 Å². The monoisotopic (exact) mass is 270 g/mol. The molecule has 0 aromatic carbocycles. The van der Waals surface area contributed by atoms with E-state index in [-0.39, 0.29) is 11.6 Å².